The van der Waals surface area contributed by atoms with E-state index in [1.807, 2.05) is 0 Å². The molecule has 6 heteroatoms. The molecule has 2 atom stereocenters. The molecule has 92 valence electrons. The lowest BCUT2D eigenvalue weighted by molar-refractivity contribution is -0.122. The first-order valence-electron chi connectivity index (χ1n) is 5.54. The number of hydrogen-bond acceptors (Lipinski definition) is 3. The molecule has 2 N–H and O–H groups in total. The van der Waals surface area contributed by atoms with Crippen LogP contribution in [0.1, 0.15) is 6.42 Å². The maximum absolute atomic E-state index is 11.7. The maximum atomic E-state index is 11.7. The Hall–Kier alpha value is -0.750. The van der Waals surface area contributed by atoms with E-state index < -0.39 is 13.0 Å². The lowest BCUT2D eigenvalue weighted by Crippen LogP contribution is -2.33. The van der Waals surface area contributed by atoms with Crippen LogP contribution >= 0.6 is 0 Å². The van der Waals surface area contributed by atoms with Crippen molar-refractivity contribution in [2.24, 2.45) is 11.8 Å². The molecular formula is C10H16F2N2O2. The molecule has 1 aliphatic carbocycles. The van der Waals surface area contributed by atoms with Crippen molar-refractivity contribution in [3.63, 3.8) is 0 Å². The predicted molar refractivity (Wildman–Crippen MR) is 53.2 cm³/mol. The van der Waals surface area contributed by atoms with Gasteiger partial charge in [-0.1, -0.05) is 0 Å². The minimum atomic E-state index is -2.46. The number of fused-ring (bicyclic) bond motifs is 1. The van der Waals surface area contributed by atoms with Crippen LogP contribution in [0.25, 0.3) is 0 Å². The number of piperidine rings is 1. The predicted octanol–water partition coefficient (Wildman–Crippen LogP) is -0.00780. The number of amides is 1. The molecule has 1 aliphatic heterocycles. The van der Waals surface area contributed by atoms with Crippen molar-refractivity contribution in [3.8, 4) is 0 Å². The summed E-state index contributed by atoms with van der Waals surface area (Å²) in [6, 6.07) is 0.295. The van der Waals surface area contributed by atoms with Gasteiger partial charge in [-0.25, -0.2) is 8.78 Å². The van der Waals surface area contributed by atoms with Gasteiger partial charge >= 0.3 is 0 Å². The molecule has 0 aromatic heterocycles. The Morgan fingerprint density at radius 2 is 2.12 bits per heavy atom. The van der Waals surface area contributed by atoms with Crippen LogP contribution < -0.4 is 10.6 Å². The Kier molecular flexibility index (Phi) is 3.70. The Bertz CT molecular complexity index is 253. The molecule has 1 saturated heterocycles. The first kappa shape index (κ1) is 11.7. The zero-order valence-corrected chi connectivity index (χ0v) is 8.92. The highest BCUT2D eigenvalue weighted by Crippen LogP contribution is 2.41. The third-order valence-corrected chi connectivity index (χ3v) is 3.14. The normalized spacial score (nSPS) is 31.6. The second-order valence-electron chi connectivity index (χ2n) is 4.30. The van der Waals surface area contributed by atoms with Crippen LogP contribution in [0.4, 0.5) is 8.78 Å². The second kappa shape index (κ2) is 5.05. The van der Waals surface area contributed by atoms with Gasteiger partial charge in [0, 0.05) is 25.6 Å². The van der Waals surface area contributed by atoms with Crippen LogP contribution in [0.3, 0.4) is 0 Å². The number of hydrogen-bond donors (Lipinski definition) is 2. The highest BCUT2D eigenvalue weighted by Gasteiger charge is 2.53. The van der Waals surface area contributed by atoms with E-state index in [1.165, 1.54) is 0 Å². The summed E-state index contributed by atoms with van der Waals surface area (Å²) in [5, 5.41) is 6.13. The van der Waals surface area contributed by atoms with E-state index in [1.54, 1.807) is 0 Å². The minimum absolute atomic E-state index is 0.0659. The molecule has 1 amide bonds. The van der Waals surface area contributed by atoms with Crippen LogP contribution in [-0.4, -0.2) is 44.7 Å². The molecule has 0 spiro atoms. The molecule has 2 aliphatic rings. The van der Waals surface area contributed by atoms with Gasteiger partial charge < -0.3 is 15.4 Å². The Balaban J connectivity index is 1.52. The molecule has 2 fully saturated rings. The van der Waals surface area contributed by atoms with Gasteiger partial charge in [-0.3, -0.25) is 4.79 Å². The number of carbonyl (C=O) groups is 1. The van der Waals surface area contributed by atoms with Crippen molar-refractivity contribution in [2.75, 3.05) is 26.3 Å². The fourth-order valence-electron chi connectivity index (χ4n) is 2.23. The third-order valence-electron chi connectivity index (χ3n) is 3.14. The minimum Gasteiger partial charge on any atom is -0.375 e. The largest absolute Gasteiger partial charge is 0.375 e. The lowest BCUT2D eigenvalue weighted by atomic mass is 10.3. The molecular weight excluding hydrogens is 218 g/mol. The van der Waals surface area contributed by atoms with E-state index in [4.69, 9.17) is 0 Å². The standard InChI is InChI=1S/C10H16F2N2O2/c11-8(12)5-16-2-1-9(15)14-10-6-3-13-4-7(6)10/h6-8,10,13H,1-5H2,(H,14,15). The van der Waals surface area contributed by atoms with Crippen molar-refractivity contribution < 1.29 is 18.3 Å². The Morgan fingerprint density at radius 1 is 1.44 bits per heavy atom. The average Bonchev–Trinajstić information content (AvgIpc) is 2.70. The Morgan fingerprint density at radius 3 is 2.75 bits per heavy atom. The molecule has 4 nitrogen and oxygen atoms in total. The van der Waals surface area contributed by atoms with E-state index in [0.717, 1.165) is 13.1 Å². The van der Waals surface area contributed by atoms with E-state index >= 15 is 0 Å². The second-order valence-corrected chi connectivity index (χ2v) is 4.30. The summed E-state index contributed by atoms with van der Waals surface area (Å²) in [5.41, 5.74) is 0. The van der Waals surface area contributed by atoms with Gasteiger partial charge in [0.1, 0.15) is 6.61 Å². The molecule has 0 radical (unpaired) electrons. The van der Waals surface area contributed by atoms with Gasteiger partial charge in [-0.05, 0) is 11.8 Å². The summed E-state index contributed by atoms with van der Waals surface area (Å²) in [6.45, 7) is 1.41. The molecule has 0 bridgehead atoms. The van der Waals surface area contributed by atoms with Crippen LogP contribution in [0.2, 0.25) is 0 Å². The van der Waals surface area contributed by atoms with Crippen LogP contribution in [0, 0.1) is 11.8 Å². The molecule has 2 unspecified atom stereocenters. The third kappa shape index (κ3) is 2.89. The summed E-state index contributed by atoms with van der Waals surface area (Å²) >= 11 is 0. The zero-order chi connectivity index (χ0) is 11.5. The summed E-state index contributed by atoms with van der Waals surface area (Å²) in [4.78, 5) is 11.4. The monoisotopic (exact) mass is 234 g/mol. The molecule has 2 rings (SSSR count). The van der Waals surface area contributed by atoms with Crippen molar-refractivity contribution in [1.82, 2.24) is 10.6 Å². The van der Waals surface area contributed by atoms with E-state index in [9.17, 15) is 13.6 Å². The van der Waals surface area contributed by atoms with Gasteiger partial charge in [0.15, 0.2) is 0 Å². The fraction of sp³-hybridized carbons (Fsp3) is 0.900. The van der Waals surface area contributed by atoms with Crippen molar-refractivity contribution >= 4 is 5.91 Å². The van der Waals surface area contributed by atoms with E-state index in [0.29, 0.717) is 17.9 Å². The van der Waals surface area contributed by atoms with Crippen molar-refractivity contribution in [3.05, 3.63) is 0 Å². The summed E-state index contributed by atoms with van der Waals surface area (Å²) in [7, 11) is 0. The molecule has 1 heterocycles. The quantitative estimate of drug-likeness (QED) is 0.636. The van der Waals surface area contributed by atoms with Gasteiger partial charge in [-0.15, -0.1) is 0 Å². The fourth-order valence-corrected chi connectivity index (χ4v) is 2.23. The van der Waals surface area contributed by atoms with Crippen LogP contribution in [0.15, 0.2) is 0 Å². The average molecular weight is 234 g/mol. The van der Waals surface area contributed by atoms with Crippen molar-refractivity contribution in [2.45, 2.75) is 18.9 Å². The number of ether oxygens (including phenoxy) is 1. The number of nitrogens with one attached hydrogen (secondary N) is 2. The van der Waals surface area contributed by atoms with Gasteiger partial charge in [0.05, 0.1) is 6.61 Å². The SMILES string of the molecule is O=C(CCOCC(F)F)NC1C2CNCC21. The molecule has 1 saturated carbocycles. The maximum Gasteiger partial charge on any atom is 0.261 e. The summed E-state index contributed by atoms with van der Waals surface area (Å²) in [5.74, 6) is 1.05. The number of carbonyl (C=O) groups excluding carboxylic acids is 1. The first-order chi connectivity index (χ1) is 7.68. The molecule has 16 heavy (non-hydrogen) atoms. The van der Waals surface area contributed by atoms with Gasteiger partial charge in [0.2, 0.25) is 5.91 Å². The number of alkyl halides is 2. The van der Waals surface area contributed by atoms with Crippen molar-refractivity contribution in [1.29, 1.82) is 0 Å². The Labute approximate surface area is 92.7 Å². The first-order valence-corrected chi connectivity index (χ1v) is 5.54. The summed E-state index contributed by atoms with van der Waals surface area (Å²) in [6.07, 6.45) is -2.30. The van der Waals surface area contributed by atoms with E-state index in [2.05, 4.69) is 15.4 Å². The number of rotatable bonds is 6. The molecule has 0 aromatic rings. The van der Waals surface area contributed by atoms with E-state index in [-0.39, 0.29) is 18.9 Å². The van der Waals surface area contributed by atoms with Crippen LogP contribution in [-0.2, 0) is 9.53 Å². The summed E-state index contributed by atoms with van der Waals surface area (Å²) < 4.78 is 28.0. The zero-order valence-electron chi connectivity index (χ0n) is 8.92. The lowest BCUT2D eigenvalue weighted by Gasteiger charge is -2.07. The highest BCUT2D eigenvalue weighted by molar-refractivity contribution is 5.76. The highest BCUT2D eigenvalue weighted by atomic mass is 19.3. The van der Waals surface area contributed by atoms with Gasteiger partial charge in [0.25, 0.3) is 6.43 Å². The topological polar surface area (TPSA) is 50.4 Å². The molecule has 0 aromatic carbocycles. The van der Waals surface area contributed by atoms with Gasteiger partial charge in [-0.2, -0.15) is 0 Å². The number of halogens is 2. The van der Waals surface area contributed by atoms with Crippen LogP contribution in [0.5, 0.6) is 0 Å². The smallest absolute Gasteiger partial charge is 0.261 e.